The number of benzene rings is 1. The molecule has 86 valence electrons. The Labute approximate surface area is 94.5 Å². The Balaban J connectivity index is 2.71. The predicted molar refractivity (Wildman–Crippen MR) is 60.1 cm³/mol. The van der Waals surface area contributed by atoms with Crippen molar-refractivity contribution in [1.82, 2.24) is 4.90 Å². The van der Waals surface area contributed by atoms with Crippen LogP contribution in [0.1, 0.15) is 18.4 Å². The number of rotatable bonds is 4. The van der Waals surface area contributed by atoms with Crippen LogP contribution in [-0.4, -0.2) is 35.5 Å². The summed E-state index contributed by atoms with van der Waals surface area (Å²) in [5, 5.41) is 8.59. The number of carboxylic acid groups (broad SMARTS) is 1. The van der Waals surface area contributed by atoms with Gasteiger partial charge in [0.1, 0.15) is 6.54 Å². The van der Waals surface area contributed by atoms with E-state index in [-0.39, 0.29) is 18.4 Å². The molecule has 4 heteroatoms. The molecule has 1 aromatic carbocycles. The van der Waals surface area contributed by atoms with Crippen LogP contribution < -0.4 is 0 Å². The van der Waals surface area contributed by atoms with Crippen LogP contribution in [0.25, 0.3) is 0 Å². The smallest absolute Gasteiger partial charge is 0.323 e. The molecule has 0 aromatic heterocycles. The molecule has 0 aliphatic carbocycles. The lowest BCUT2D eigenvalue weighted by atomic mass is 10.00. The number of likely N-dealkylation sites (N-methyl/N-ethyl adjacent to an activating group) is 1. The molecular weight excluding hydrogens is 206 g/mol. The van der Waals surface area contributed by atoms with Gasteiger partial charge in [-0.3, -0.25) is 9.59 Å². The second kappa shape index (κ2) is 5.30. The molecule has 0 saturated carbocycles. The molecule has 4 nitrogen and oxygen atoms in total. The molecule has 0 fully saturated rings. The molecule has 0 unspecified atom stereocenters. The largest absolute Gasteiger partial charge is 0.480 e. The minimum absolute atomic E-state index is 0.186. The quantitative estimate of drug-likeness (QED) is 0.834. The van der Waals surface area contributed by atoms with Crippen LogP contribution in [0, 0.1) is 0 Å². The summed E-state index contributed by atoms with van der Waals surface area (Å²) in [7, 11) is 1.50. The van der Waals surface area contributed by atoms with Crippen LogP contribution in [0.4, 0.5) is 0 Å². The minimum Gasteiger partial charge on any atom is -0.480 e. The zero-order valence-corrected chi connectivity index (χ0v) is 9.38. The lowest BCUT2D eigenvalue weighted by Gasteiger charge is -2.19. The molecule has 0 aliphatic heterocycles. The number of carbonyl (C=O) groups is 2. The predicted octanol–water partition coefficient (Wildman–Crippen LogP) is 1.33. The van der Waals surface area contributed by atoms with E-state index in [4.69, 9.17) is 5.11 Å². The Morgan fingerprint density at radius 3 is 2.38 bits per heavy atom. The highest BCUT2D eigenvalue weighted by molar-refractivity contribution is 5.86. The van der Waals surface area contributed by atoms with Gasteiger partial charge in [0.05, 0.1) is 5.92 Å². The van der Waals surface area contributed by atoms with Crippen molar-refractivity contribution < 1.29 is 14.7 Å². The molecule has 1 aromatic rings. The van der Waals surface area contributed by atoms with Gasteiger partial charge in [-0.15, -0.1) is 0 Å². The molecule has 0 bridgehead atoms. The Kier molecular flexibility index (Phi) is 4.05. The summed E-state index contributed by atoms with van der Waals surface area (Å²) in [5.74, 6) is -1.50. The fourth-order valence-electron chi connectivity index (χ4n) is 1.50. The Morgan fingerprint density at radius 2 is 1.88 bits per heavy atom. The Hall–Kier alpha value is -1.84. The van der Waals surface area contributed by atoms with E-state index in [1.807, 2.05) is 30.3 Å². The van der Waals surface area contributed by atoms with Crippen molar-refractivity contribution in [3.05, 3.63) is 35.9 Å². The number of carboxylic acids is 1. The maximum atomic E-state index is 11.8. The molecule has 1 amide bonds. The van der Waals surface area contributed by atoms with Crippen molar-refractivity contribution in [2.24, 2.45) is 0 Å². The SMILES string of the molecule is C[C@@H](C(=O)N(C)CC(=O)O)c1ccccc1. The Bertz CT molecular complexity index is 375. The lowest BCUT2D eigenvalue weighted by Crippen LogP contribution is -2.34. The van der Waals surface area contributed by atoms with E-state index in [9.17, 15) is 9.59 Å². The zero-order valence-electron chi connectivity index (χ0n) is 9.38. The Morgan fingerprint density at radius 1 is 1.31 bits per heavy atom. The zero-order chi connectivity index (χ0) is 12.1. The second-order valence-corrected chi connectivity index (χ2v) is 3.72. The van der Waals surface area contributed by atoms with Crippen LogP contribution in [0.3, 0.4) is 0 Å². The van der Waals surface area contributed by atoms with Gasteiger partial charge in [-0.2, -0.15) is 0 Å². The number of hydrogen-bond donors (Lipinski definition) is 1. The van der Waals surface area contributed by atoms with E-state index in [1.54, 1.807) is 6.92 Å². The van der Waals surface area contributed by atoms with Gasteiger partial charge in [0.2, 0.25) is 5.91 Å². The van der Waals surface area contributed by atoms with Crippen molar-refractivity contribution in [2.45, 2.75) is 12.8 Å². The summed E-state index contributed by atoms with van der Waals surface area (Å²) in [6.45, 7) is 1.51. The van der Waals surface area contributed by atoms with Crippen LogP contribution in [-0.2, 0) is 9.59 Å². The fraction of sp³-hybridized carbons (Fsp3) is 0.333. The minimum atomic E-state index is -1.00. The van der Waals surface area contributed by atoms with Gasteiger partial charge in [-0.1, -0.05) is 30.3 Å². The topological polar surface area (TPSA) is 57.6 Å². The van der Waals surface area contributed by atoms with E-state index in [0.717, 1.165) is 5.56 Å². The highest BCUT2D eigenvalue weighted by Crippen LogP contribution is 2.16. The van der Waals surface area contributed by atoms with Crippen LogP contribution >= 0.6 is 0 Å². The van der Waals surface area contributed by atoms with E-state index in [1.165, 1.54) is 11.9 Å². The molecule has 16 heavy (non-hydrogen) atoms. The van der Waals surface area contributed by atoms with Crippen molar-refractivity contribution >= 4 is 11.9 Å². The van der Waals surface area contributed by atoms with Crippen molar-refractivity contribution in [1.29, 1.82) is 0 Å². The monoisotopic (exact) mass is 221 g/mol. The maximum Gasteiger partial charge on any atom is 0.323 e. The molecule has 0 saturated heterocycles. The highest BCUT2D eigenvalue weighted by atomic mass is 16.4. The maximum absolute atomic E-state index is 11.8. The van der Waals surface area contributed by atoms with Crippen molar-refractivity contribution in [2.75, 3.05) is 13.6 Å². The first-order chi connectivity index (χ1) is 7.52. The van der Waals surface area contributed by atoms with Crippen LogP contribution in [0.5, 0.6) is 0 Å². The normalized spacial score (nSPS) is 11.9. The third kappa shape index (κ3) is 3.08. The lowest BCUT2D eigenvalue weighted by molar-refractivity contribution is -0.143. The summed E-state index contributed by atoms with van der Waals surface area (Å²) in [6, 6.07) is 9.31. The average Bonchev–Trinajstić information content (AvgIpc) is 2.27. The van der Waals surface area contributed by atoms with Gasteiger partial charge < -0.3 is 10.0 Å². The standard InChI is InChI=1S/C12H15NO3/c1-9(10-6-4-3-5-7-10)12(16)13(2)8-11(14)15/h3-7,9H,8H2,1-2H3,(H,14,15)/t9-/m1/s1. The van der Waals surface area contributed by atoms with E-state index >= 15 is 0 Å². The van der Waals surface area contributed by atoms with Crippen molar-refractivity contribution in [3.8, 4) is 0 Å². The molecular formula is C12H15NO3. The van der Waals surface area contributed by atoms with E-state index < -0.39 is 5.97 Å². The first kappa shape index (κ1) is 12.2. The number of hydrogen-bond acceptors (Lipinski definition) is 2. The molecule has 0 spiro atoms. The van der Waals surface area contributed by atoms with Crippen molar-refractivity contribution in [3.63, 3.8) is 0 Å². The van der Waals surface area contributed by atoms with Gasteiger partial charge in [-0.05, 0) is 12.5 Å². The number of amides is 1. The molecule has 1 atom stereocenters. The third-order valence-electron chi connectivity index (χ3n) is 2.42. The molecule has 0 radical (unpaired) electrons. The molecule has 0 heterocycles. The number of carbonyl (C=O) groups excluding carboxylic acids is 1. The van der Waals surface area contributed by atoms with Gasteiger partial charge in [0, 0.05) is 7.05 Å². The number of nitrogens with zero attached hydrogens (tertiary/aromatic N) is 1. The summed E-state index contributed by atoms with van der Waals surface area (Å²) >= 11 is 0. The highest BCUT2D eigenvalue weighted by Gasteiger charge is 2.20. The van der Waals surface area contributed by atoms with Crippen LogP contribution in [0.2, 0.25) is 0 Å². The van der Waals surface area contributed by atoms with Crippen LogP contribution in [0.15, 0.2) is 30.3 Å². The summed E-state index contributed by atoms with van der Waals surface area (Å²) < 4.78 is 0. The molecule has 0 aliphatic rings. The third-order valence-corrected chi connectivity index (χ3v) is 2.42. The second-order valence-electron chi connectivity index (χ2n) is 3.72. The first-order valence-corrected chi connectivity index (χ1v) is 5.04. The summed E-state index contributed by atoms with van der Waals surface area (Å²) in [4.78, 5) is 23.5. The summed E-state index contributed by atoms with van der Waals surface area (Å²) in [6.07, 6.45) is 0. The van der Waals surface area contributed by atoms with E-state index in [0.29, 0.717) is 0 Å². The first-order valence-electron chi connectivity index (χ1n) is 5.04. The average molecular weight is 221 g/mol. The van der Waals surface area contributed by atoms with E-state index in [2.05, 4.69) is 0 Å². The van der Waals surface area contributed by atoms with Gasteiger partial charge in [0.15, 0.2) is 0 Å². The molecule has 1 rings (SSSR count). The van der Waals surface area contributed by atoms with Gasteiger partial charge in [-0.25, -0.2) is 0 Å². The fourth-order valence-corrected chi connectivity index (χ4v) is 1.50. The molecule has 1 N–H and O–H groups in total. The summed E-state index contributed by atoms with van der Waals surface area (Å²) in [5.41, 5.74) is 0.893. The van der Waals surface area contributed by atoms with Gasteiger partial charge >= 0.3 is 5.97 Å². The van der Waals surface area contributed by atoms with Gasteiger partial charge in [0.25, 0.3) is 0 Å². The number of aliphatic carboxylic acids is 1.